The Morgan fingerprint density at radius 3 is 0.614 bits per heavy atom. The van der Waals surface area contributed by atoms with E-state index in [0.717, 1.165) is 27.7 Å². The summed E-state index contributed by atoms with van der Waals surface area (Å²) in [6.45, 7) is 17.6. The Hall–Kier alpha value is -7.40. The van der Waals surface area contributed by atoms with E-state index in [0.29, 0.717) is 0 Å². The van der Waals surface area contributed by atoms with E-state index in [1.54, 1.807) is 0 Å². The van der Waals surface area contributed by atoms with Crippen molar-refractivity contribution in [1.29, 1.82) is 0 Å². The fraction of sp³-hybridized carbons (Fsp3) is 0.565. The summed E-state index contributed by atoms with van der Waals surface area (Å²) in [4.78, 5) is 152. The predicted molar refractivity (Wildman–Crippen MR) is 232 cm³/mol. The molecule has 0 amide bonds. The molecule has 8 unspecified atom stereocenters. The molecule has 0 bridgehead atoms. The Morgan fingerprint density at radius 1 is 0.314 bits per heavy atom. The van der Waals surface area contributed by atoms with Crippen LogP contribution in [-0.2, 0) is 114 Å². The normalized spacial score (nSPS) is 17.6. The fourth-order valence-corrected chi connectivity index (χ4v) is 5.95. The van der Waals surface area contributed by atoms with Gasteiger partial charge in [-0.05, 0) is 40.5 Å². The molecule has 0 aromatic carbocycles. The first-order chi connectivity index (χ1) is 32.6. The van der Waals surface area contributed by atoms with E-state index in [1.807, 2.05) is 0 Å². The Kier molecular flexibility index (Phi) is 26.1. The average Bonchev–Trinajstić information content (AvgIpc) is 3.27. The number of ether oxygens (including phenoxy) is 12. The highest BCUT2D eigenvalue weighted by Crippen LogP contribution is 2.41. The zero-order chi connectivity index (χ0) is 53.4. The smallest absolute Gasteiger partial charge is 0.333 e. The van der Waals surface area contributed by atoms with Gasteiger partial charge < -0.3 is 56.8 Å². The van der Waals surface area contributed by atoms with E-state index in [2.05, 4.69) is 26.3 Å². The molecule has 1 fully saturated rings. The fourth-order valence-electron chi connectivity index (χ4n) is 5.95. The van der Waals surface area contributed by atoms with E-state index in [1.165, 1.54) is 27.7 Å². The lowest BCUT2D eigenvalue weighted by atomic mass is 9.68. The molecule has 1 saturated carbocycles. The largest absolute Gasteiger partial charge is 0.461 e. The van der Waals surface area contributed by atoms with Crippen LogP contribution in [0.1, 0.15) is 68.2 Å². The van der Waals surface area contributed by atoms with E-state index >= 15 is 0 Å². The number of hydrogen-bond donors (Lipinski definition) is 0. The standard InChI is InChI=1S/C46H60O24/c1-23(2)39(51)59-15-31(67-27(9)47)19-63-43(55)35-13-37(45(57)65-21-33(69-29(11)49)17-61-41(53)25(5)6)38(46(58)66-22-34(70-30(12)50)18-62-42(54)26(7)8)14-36(35)44(56)64-20-32(68-28(10)48)16-60-40(52)24(3)4/h31-38H,1,3,5,7,13-22H2,2,4,6,8-12H3. The van der Waals surface area contributed by atoms with Crippen molar-refractivity contribution < 1.29 is 114 Å². The minimum atomic E-state index is -1.73. The molecular formula is C46H60O24. The Bertz CT molecular complexity index is 1750. The summed E-state index contributed by atoms with van der Waals surface area (Å²) < 4.78 is 62.5. The second-order valence-electron chi connectivity index (χ2n) is 15.9. The van der Waals surface area contributed by atoms with Gasteiger partial charge in [-0.15, -0.1) is 0 Å². The maximum absolute atomic E-state index is 14.1. The quantitative estimate of drug-likeness (QED) is 0.0611. The van der Waals surface area contributed by atoms with Crippen molar-refractivity contribution in [2.45, 2.75) is 92.6 Å². The van der Waals surface area contributed by atoms with Crippen molar-refractivity contribution in [2.24, 2.45) is 23.7 Å². The first kappa shape index (κ1) is 60.6. The van der Waals surface area contributed by atoms with Gasteiger partial charge in [-0.2, -0.15) is 0 Å². The van der Waals surface area contributed by atoms with E-state index in [-0.39, 0.29) is 22.3 Å². The summed E-state index contributed by atoms with van der Waals surface area (Å²) in [5.41, 5.74) is -0.0621. The van der Waals surface area contributed by atoms with Crippen LogP contribution >= 0.6 is 0 Å². The van der Waals surface area contributed by atoms with Gasteiger partial charge in [-0.1, -0.05) is 26.3 Å². The molecule has 24 nitrogen and oxygen atoms in total. The van der Waals surface area contributed by atoms with Crippen LogP contribution in [0, 0.1) is 23.7 Å². The molecule has 0 spiro atoms. The van der Waals surface area contributed by atoms with Gasteiger partial charge in [0.05, 0.1) is 23.7 Å². The first-order valence-electron chi connectivity index (χ1n) is 21.3. The van der Waals surface area contributed by atoms with Gasteiger partial charge in [-0.25, -0.2) is 19.2 Å². The van der Waals surface area contributed by atoms with Crippen LogP contribution in [0.5, 0.6) is 0 Å². The van der Waals surface area contributed by atoms with Gasteiger partial charge in [0.2, 0.25) is 0 Å². The van der Waals surface area contributed by atoms with Crippen LogP contribution in [0.2, 0.25) is 0 Å². The second-order valence-corrected chi connectivity index (χ2v) is 15.9. The lowest BCUT2D eigenvalue weighted by molar-refractivity contribution is -0.183. The van der Waals surface area contributed by atoms with Crippen LogP contribution in [-0.4, -0.2) is 149 Å². The second kappa shape index (κ2) is 30.2. The third-order valence-electron chi connectivity index (χ3n) is 9.17. The molecule has 1 rings (SSSR count). The summed E-state index contributed by atoms with van der Waals surface area (Å²) in [6.07, 6.45) is -7.18. The SMILES string of the molecule is C=C(C)C(=O)OCC(COC(=O)C1CC(C(=O)OCC(COC(=O)C(=C)C)OC(C)=O)C(C(=O)OCC(COC(=O)C(=C)C)OC(C)=O)CC1C(=O)OCC(COC(=O)C(=C)C)OC(C)=O)OC(C)=O. The molecule has 70 heavy (non-hydrogen) atoms. The number of hydrogen-bond acceptors (Lipinski definition) is 24. The van der Waals surface area contributed by atoms with Crippen LogP contribution < -0.4 is 0 Å². The first-order valence-corrected chi connectivity index (χ1v) is 21.3. The predicted octanol–water partition coefficient (Wildman–Crippen LogP) is 1.62. The molecular weight excluding hydrogens is 936 g/mol. The van der Waals surface area contributed by atoms with Crippen LogP contribution in [0.25, 0.3) is 0 Å². The summed E-state index contributed by atoms with van der Waals surface area (Å²) in [5, 5.41) is 0. The Balaban J connectivity index is 3.82. The minimum Gasteiger partial charge on any atom is -0.461 e. The highest BCUT2D eigenvalue weighted by atomic mass is 16.6. The van der Waals surface area contributed by atoms with E-state index in [9.17, 15) is 57.5 Å². The van der Waals surface area contributed by atoms with Crippen LogP contribution in [0.15, 0.2) is 48.6 Å². The number of rotatable bonds is 28. The third kappa shape index (κ3) is 23.1. The molecule has 8 atom stereocenters. The zero-order valence-corrected chi connectivity index (χ0v) is 40.3. The van der Waals surface area contributed by atoms with Gasteiger partial charge in [0, 0.05) is 50.0 Å². The zero-order valence-electron chi connectivity index (χ0n) is 40.3. The van der Waals surface area contributed by atoms with Crippen molar-refractivity contribution in [3.63, 3.8) is 0 Å². The topological polar surface area (TPSA) is 316 Å². The van der Waals surface area contributed by atoms with Gasteiger partial charge in [0.25, 0.3) is 0 Å². The molecule has 0 saturated heterocycles. The molecule has 1 aliphatic carbocycles. The average molecular weight is 997 g/mol. The highest BCUT2D eigenvalue weighted by molar-refractivity contribution is 5.89. The lowest BCUT2D eigenvalue weighted by Crippen LogP contribution is -2.48. The number of esters is 12. The molecule has 388 valence electrons. The Morgan fingerprint density at radius 2 is 0.471 bits per heavy atom. The van der Waals surface area contributed by atoms with Gasteiger partial charge in [-0.3, -0.25) is 38.4 Å². The minimum absolute atomic E-state index is 0.0155. The lowest BCUT2D eigenvalue weighted by Gasteiger charge is -2.37. The number of carbonyl (C=O) groups is 12. The molecule has 0 N–H and O–H groups in total. The van der Waals surface area contributed by atoms with Crippen molar-refractivity contribution in [3.8, 4) is 0 Å². The van der Waals surface area contributed by atoms with Crippen LogP contribution in [0.3, 0.4) is 0 Å². The summed E-state index contributed by atoms with van der Waals surface area (Å²) >= 11 is 0. The van der Waals surface area contributed by atoms with Crippen molar-refractivity contribution in [3.05, 3.63) is 48.6 Å². The third-order valence-corrected chi connectivity index (χ3v) is 9.17. The van der Waals surface area contributed by atoms with Crippen molar-refractivity contribution in [2.75, 3.05) is 52.9 Å². The molecule has 0 aromatic heterocycles. The molecule has 0 heterocycles. The van der Waals surface area contributed by atoms with Crippen molar-refractivity contribution >= 4 is 71.6 Å². The molecule has 0 radical (unpaired) electrons. The van der Waals surface area contributed by atoms with Crippen molar-refractivity contribution in [1.82, 2.24) is 0 Å². The van der Waals surface area contributed by atoms with E-state index in [4.69, 9.17) is 56.8 Å². The maximum Gasteiger partial charge on any atom is 0.333 e. The molecule has 24 heteroatoms. The molecule has 0 aliphatic heterocycles. The summed E-state index contributed by atoms with van der Waals surface area (Å²) in [5.74, 6) is -18.9. The molecule has 0 aromatic rings. The summed E-state index contributed by atoms with van der Waals surface area (Å²) in [7, 11) is 0. The van der Waals surface area contributed by atoms with Gasteiger partial charge in [0.1, 0.15) is 52.9 Å². The number of carbonyl (C=O) groups excluding carboxylic acids is 12. The highest BCUT2D eigenvalue weighted by Gasteiger charge is 2.51. The monoisotopic (exact) mass is 996 g/mol. The summed E-state index contributed by atoms with van der Waals surface area (Å²) in [6, 6.07) is 0. The molecule has 1 aliphatic rings. The van der Waals surface area contributed by atoms with E-state index < -0.39 is 185 Å². The maximum atomic E-state index is 14.1. The van der Waals surface area contributed by atoms with Gasteiger partial charge >= 0.3 is 71.6 Å². The Labute approximate surface area is 403 Å². The van der Waals surface area contributed by atoms with Crippen LogP contribution in [0.4, 0.5) is 0 Å². The van der Waals surface area contributed by atoms with Gasteiger partial charge in [0.15, 0.2) is 24.4 Å².